The molecule has 0 aliphatic carbocycles. The van der Waals surface area contributed by atoms with Crippen molar-refractivity contribution in [2.45, 2.75) is 276 Å². The summed E-state index contributed by atoms with van der Waals surface area (Å²) in [4.78, 5) is 0. The van der Waals surface area contributed by atoms with Crippen LogP contribution in [0.3, 0.4) is 0 Å². The molecule has 0 saturated carbocycles. The molecule has 0 aromatic heterocycles. The molecule has 45 atom stereocenters. The molecule has 0 radical (unpaired) electrons. The normalized spacial score (nSPS) is 55.4. The molecule has 27 fully saturated rings. The van der Waals surface area contributed by atoms with Crippen LogP contribution in [0.1, 0.15) is 0 Å². The number of rotatable bonds is 9. The minimum Gasteiger partial charge on any atom is -0.394 e. The predicted octanol–water partition coefficient (Wildman–Crippen LogP) is -19.6. The number of aliphatic hydroxyl groups is 27. The first-order chi connectivity index (χ1) is 47.1. The first kappa shape index (κ1) is 79.8. The Kier molecular flexibility index (Phi) is 27.4. The number of hydrogen-bond donors (Lipinski definition) is 27. The Bertz CT molecular complexity index is 1940. The van der Waals surface area contributed by atoms with Gasteiger partial charge in [-0.3, -0.25) is 0 Å². The fourth-order valence-electron chi connectivity index (χ4n) is 13.4. The zero-order chi connectivity index (χ0) is 72.1. The van der Waals surface area contributed by atoms with Gasteiger partial charge in [0.05, 0.1) is 59.5 Å². The van der Waals surface area contributed by atoms with Crippen LogP contribution in [0.5, 0.6) is 0 Å². The highest BCUT2D eigenvalue weighted by atomic mass is 16.8. The summed E-state index contributed by atoms with van der Waals surface area (Å²) in [6, 6.07) is 0. The number of ether oxygens (including phenoxy) is 18. The Labute approximate surface area is 558 Å². The lowest BCUT2D eigenvalue weighted by Gasteiger charge is -2.50. The van der Waals surface area contributed by atoms with Gasteiger partial charge in [0.2, 0.25) is 0 Å². The minimum atomic E-state index is -2.28. The van der Waals surface area contributed by atoms with Crippen LogP contribution in [0.4, 0.5) is 0 Å². The third-order valence-corrected chi connectivity index (χ3v) is 19.0. The summed E-state index contributed by atoms with van der Waals surface area (Å²) in [5.74, 6) is 0. The molecule has 0 aromatic rings. The van der Waals surface area contributed by atoms with Gasteiger partial charge in [0, 0.05) is 0 Å². The molecular weight excluding hydrogens is 1370 g/mol. The average Bonchev–Trinajstić information content (AvgIpc) is 0.780. The highest BCUT2D eigenvalue weighted by Crippen LogP contribution is 2.40. The lowest BCUT2D eigenvalue weighted by atomic mass is 9.95. The van der Waals surface area contributed by atoms with Crippen molar-refractivity contribution < 1.29 is 223 Å². The van der Waals surface area contributed by atoms with Crippen LogP contribution >= 0.6 is 0 Å². The molecule has 27 heterocycles. The van der Waals surface area contributed by atoms with Crippen LogP contribution < -0.4 is 0 Å². The summed E-state index contributed by atoms with van der Waals surface area (Å²) in [5.41, 5.74) is 0. The van der Waals surface area contributed by atoms with Gasteiger partial charge in [-0.05, 0) is 0 Å². The molecule has 0 amide bonds. The van der Waals surface area contributed by atoms with Crippen molar-refractivity contribution in [1.82, 2.24) is 0 Å². The highest BCUT2D eigenvalue weighted by molar-refractivity contribution is 5.03. The van der Waals surface area contributed by atoms with Gasteiger partial charge >= 0.3 is 0 Å². The van der Waals surface area contributed by atoms with Crippen molar-refractivity contribution >= 4 is 0 Å². The number of aliphatic hydroxyl groups excluding tert-OH is 27. The van der Waals surface area contributed by atoms with Gasteiger partial charge in [-0.2, -0.15) is 0 Å². The Morgan fingerprint density at radius 3 is 0.273 bits per heavy atom. The SMILES string of the molecule is OCC1O[C@H]2O[C@H]3C(CO)O[C@@H](O[C@H]4C(CO)O[C@@H](O[C@H]5C(CO)O[C@@H](O[C@H]6C(CO)O[C@@H](O[C@H]7C(CO)O[C@@H](O[C@H]8C(CO)O[C@@H](O[C@H]9C(CO)O[C@@H](O[C@H]%10C(CO)O[C@@H](O[C@@H]1C(O)C2O)C(O)C%10O)C(O)C9O)C(O)C8O)C(O)C7O)C(O)C6O)C(O)C5O)C(O)C4O)C(O)C3O. The van der Waals surface area contributed by atoms with E-state index in [1.54, 1.807) is 0 Å². The van der Waals surface area contributed by atoms with E-state index in [1.165, 1.54) is 0 Å². The van der Waals surface area contributed by atoms with Crippen LogP contribution in [0.25, 0.3) is 0 Å². The van der Waals surface area contributed by atoms with Crippen LogP contribution in [-0.2, 0) is 85.3 Å². The van der Waals surface area contributed by atoms with E-state index in [1.807, 2.05) is 0 Å². The van der Waals surface area contributed by atoms with Crippen molar-refractivity contribution in [3.05, 3.63) is 0 Å². The van der Waals surface area contributed by atoms with Crippen molar-refractivity contribution in [3.8, 4) is 0 Å². The van der Waals surface area contributed by atoms with E-state index in [9.17, 15) is 138 Å². The van der Waals surface area contributed by atoms with E-state index in [4.69, 9.17) is 85.3 Å². The number of hydrogen-bond acceptors (Lipinski definition) is 45. The van der Waals surface area contributed by atoms with Crippen LogP contribution in [0.2, 0.25) is 0 Å². The molecule has 18 bridgehead atoms. The molecule has 45 nitrogen and oxygen atoms in total. The van der Waals surface area contributed by atoms with Crippen LogP contribution in [-0.4, -0.2) is 474 Å². The van der Waals surface area contributed by atoms with E-state index < -0.39 is 336 Å². The van der Waals surface area contributed by atoms with Crippen molar-refractivity contribution in [1.29, 1.82) is 0 Å². The second-order valence-corrected chi connectivity index (χ2v) is 25.3. The zero-order valence-electron chi connectivity index (χ0n) is 51.8. The fourth-order valence-corrected chi connectivity index (χ4v) is 13.4. The molecule has 45 heteroatoms. The highest BCUT2D eigenvalue weighted by Gasteiger charge is 2.61. The van der Waals surface area contributed by atoms with Crippen LogP contribution in [0.15, 0.2) is 0 Å². The van der Waals surface area contributed by atoms with Crippen LogP contribution in [0, 0.1) is 0 Å². The second-order valence-electron chi connectivity index (χ2n) is 25.3. The summed E-state index contributed by atoms with van der Waals surface area (Å²) in [6.07, 6.45) is -93.8. The van der Waals surface area contributed by atoms with Crippen molar-refractivity contribution in [2.75, 3.05) is 59.5 Å². The summed E-state index contributed by atoms with van der Waals surface area (Å²) >= 11 is 0. The summed E-state index contributed by atoms with van der Waals surface area (Å²) < 4.78 is 103. The molecule has 27 N–H and O–H groups in total. The van der Waals surface area contributed by atoms with Gasteiger partial charge in [0.1, 0.15) is 220 Å². The molecule has 27 unspecified atom stereocenters. The zero-order valence-corrected chi connectivity index (χ0v) is 51.8. The van der Waals surface area contributed by atoms with E-state index in [0.717, 1.165) is 0 Å². The topological polar surface area (TPSA) is 712 Å². The smallest absolute Gasteiger partial charge is 0.187 e. The van der Waals surface area contributed by atoms with Gasteiger partial charge in [0.15, 0.2) is 56.6 Å². The third kappa shape index (κ3) is 15.8. The average molecular weight is 1460 g/mol. The summed E-state index contributed by atoms with van der Waals surface area (Å²) in [5, 5.41) is 300. The lowest BCUT2D eigenvalue weighted by Crippen LogP contribution is -2.68. The largest absolute Gasteiger partial charge is 0.394 e. The summed E-state index contributed by atoms with van der Waals surface area (Å²) in [7, 11) is 0. The van der Waals surface area contributed by atoms with Gasteiger partial charge in [0.25, 0.3) is 0 Å². The van der Waals surface area contributed by atoms with Gasteiger partial charge < -0.3 is 223 Å². The molecule has 27 aliphatic heterocycles. The van der Waals surface area contributed by atoms with Crippen molar-refractivity contribution in [3.63, 3.8) is 0 Å². The first-order valence-electron chi connectivity index (χ1n) is 31.7. The molecule has 27 aliphatic rings. The minimum absolute atomic E-state index is 1.11. The molecule has 0 aromatic carbocycles. The summed E-state index contributed by atoms with van der Waals surface area (Å²) in [6.45, 7) is -9.99. The molecule has 27 saturated heterocycles. The van der Waals surface area contributed by atoms with Gasteiger partial charge in [-0.25, -0.2) is 0 Å². The predicted molar refractivity (Wildman–Crippen MR) is 294 cm³/mol. The third-order valence-electron chi connectivity index (χ3n) is 19.0. The molecular formula is C54H90O45. The van der Waals surface area contributed by atoms with E-state index >= 15 is 0 Å². The fraction of sp³-hybridized carbons (Fsp3) is 1.00. The van der Waals surface area contributed by atoms with E-state index in [2.05, 4.69) is 0 Å². The standard InChI is InChI=1S/C54H90O45/c55-1-10-37-19(64)28(73)46(82-10)92-38-11(2-56)84-48(30(75)21(38)66)94-40-13(4-58)86-50(32(77)23(40)68)96-42-15(6-60)88-52(34(79)25(42)70)98-44-17(8-62)90-54(36(81)27(44)72)99-45-18(9-63)89-53(35(80)26(45)71)97-43-16(7-61)87-51(33(78)24(43)69)95-41-14(5-59)85-49(31(76)22(41)67)93-39-12(3-57)83-47(91-37)29(74)20(39)65/h10-81H,1-9H2/t10?,11?,12?,13?,14?,15?,16?,17?,18?,19?,20?,21?,22?,23?,24?,25?,26?,27?,28?,29?,30?,31?,32?,33?,34?,35?,36?,37-,38-,39-,40-,41-,42-,43-,44-,45-,46-,47-,48-,49-,50-,51-,52-,53-,54-/m0/s1. The molecule has 576 valence electrons. The Hall–Kier alpha value is -1.80. The Morgan fingerprint density at radius 1 is 0.121 bits per heavy atom. The maximum Gasteiger partial charge on any atom is 0.187 e. The van der Waals surface area contributed by atoms with E-state index in [0.29, 0.717) is 0 Å². The second kappa shape index (κ2) is 34.0. The maximum absolute atomic E-state index is 11.5. The molecule has 0 spiro atoms. The Balaban J connectivity index is 0.896. The van der Waals surface area contributed by atoms with Gasteiger partial charge in [-0.1, -0.05) is 0 Å². The van der Waals surface area contributed by atoms with Gasteiger partial charge in [-0.15, -0.1) is 0 Å². The quantitative estimate of drug-likeness (QED) is 0.102. The first-order valence-corrected chi connectivity index (χ1v) is 31.7. The van der Waals surface area contributed by atoms with E-state index in [-0.39, 0.29) is 0 Å². The lowest BCUT2D eigenvalue weighted by molar-refractivity contribution is -0.399. The molecule has 99 heavy (non-hydrogen) atoms. The van der Waals surface area contributed by atoms with Crippen molar-refractivity contribution in [2.24, 2.45) is 0 Å². The molecule has 27 rings (SSSR count). The maximum atomic E-state index is 11.5. The Morgan fingerprint density at radius 2 is 0.202 bits per heavy atom. The monoisotopic (exact) mass is 1460 g/mol.